The van der Waals surface area contributed by atoms with E-state index in [2.05, 4.69) is 77.2 Å². The van der Waals surface area contributed by atoms with Gasteiger partial charge >= 0.3 is 0 Å². The van der Waals surface area contributed by atoms with E-state index in [0.717, 1.165) is 16.8 Å². The van der Waals surface area contributed by atoms with Crippen molar-refractivity contribution in [2.45, 2.75) is 72.3 Å². The van der Waals surface area contributed by atoms with Crippen molar-refractivity contribution < 1.29 is 9.53 Å². The van der Waals surface area contributed by atoms with E-state index in [1.165, 1.54) is 5.56 Å². The molecule has 2 aromatic carbocycles. The molecule has 1 N–H and O–H groups in total. The molecule has 1 amide bonds. The molecule has 1 unspecified atom stereocenters. The standard InChI is InChI=1S/C24H33NO2/c1-15(2)19-11-13-20(14-12-19)27-18(7)24(26)25-23-21(16(3)4)9-8-10-22(23)17(5)6/h8-18H,1-7H3,(H,25,26). The van der Waals surface area contributed by atoms with Gasteiger partial charge in [-0.3, -0.25) is 4.79 Å². The van der Waals surface area contributed by atoms with E-state index in [9.17, 15) is 4.79 Å². The highest BCUT2D eigenvalue weighted by Crippen LogP contribution is 2.32. The third kappa shape index (κ3) is 5.35. The lowest BCUT2D eigenvalue weighted by Crippen LogP contribution is -2.31. The molecule has 0 aliphatic rings. The molecule has 3 nitrogen and oxygen atoms in total. The fourth-order valence-electron chi connectivity index (χ4n) is 3.11. The molecule has 0 heterocycles. The Morgan fingerprint density at radius 1 is 0.778 bits per heavy atom. The number of carbonyl (C=O) groups excluding carboxylic acids is 1. The number of hydrogen-bond acceptors (Lipinski definition) is 2. The Hall–Kier alpha value is -2.29. The van der Waals surface area contributed by atoms with Gasteiger partial charge in [0, 0.05) is 5.69 Å². The quantitative estimate of drug-likeness (QED) is 0.609. The van der Waals surface area contributed by atoms with Crippen molar-refractivity contribution in [1.82, 2.24) is 0 Å². The van der Waals surface area contributed by atoms with Gasteiger partial charge in [-0.2, -0.15) is 0 Å². The lowest BCUT2D eigenvalue weighted by molar-refractivity contribution is -0.122. The predicted molar refractivity (Wildman–Crippen MR) is 114 cm³/mol. The van der Waals surface area contributed by atoms with Gasteiger partial charge in [-0.1, -0.05) is 71.9 Å². The van der Waals surface area contributed by atoms with Crippen LogP contribution < -0.4 is 10.1 Å². The number of hydrogen-bond donors (Lipinski definition) is 1. The molecule has 0 aliphatic carbocycles. The van der Waals surface area contributed by atoms with E-state index in [4.69, 9.17) is 4.74 Å². The first-order valence-electron chi connectivity index (χ1n) is 9.91. The molecule has 2 aromatic rings. The SMILES string of the molecule is CC(Oc1ccc(C(C)C)cc1)C(=O)Nc1c(C(C)C)cccc1C(C)C. The molecule has 0 saturated carbocycles. The first kappa shape index (κ1) is 21.0. The van der Waals surface area contributed by atoms with Crippen molar-refractivity contribution in [2.75, 3.05) is 5.32 Å². The summed E-state index contributed by atoms with van der Waals surface area (Å²) in [5.74, 6) is 1.72. The molecule has 27 heavy (non-hydrogen) atoms. The minimum absolute atomic E-state index is 0.127. The van der Waals surface area contributed by atoms with Crippen LogP contribution in [0.2, 0.25) is 0 Å². The van der Waals surface area contributed by atoms with Crippen LogP contribution in [0.15, 0.2) is 42.5 Å². The number of ether oxygens (including phenoxy) is 1. The number of nitrogens with one attached hydrogen (secondary N) is 1. The Morgan fingerprint density at radius 3 is 1.74 bits per heavy atom. The van der Waals surface area contributed by atoms with Crippen molar-refractivity contribution >= 4 is 11.6 Å². The number of para-hydroxylation sites is 1. The molecule has 0 radical (unpaired) electrons. The van der Waals surface area contributed by atoms with Crippen LogP contribution in [-0.4, -0.2) is 12.0 Å². The van der Waals surface area contributed by atoms with Gasteiger partial charge in [-0.15, -0.1) is 0 Å². The summed E-state index contributed by atoms with van der Waals surface area (Å²) < 4.78 is 5.87. The van der Waals surface area contributed by atoms with Gasteiger partial charge in [0.2, 0.25) is 0 Å². The molecular formula is C24H33NO2. The van der Waals surface area contributed by atoms with Crippen molar-refractivity contribution in [3.05, 3.63) is 59.2 Å². The highest BCUT2D eigenvalue weighted by molar-refractivity contribution is 5.95. The molecule has 3 heteroatoms. The molecule has 2 rings (SSSR count). The van der Waals surface area contributed by atoms with Crippen LogP contribution in [0.5, 0.6) is 5.75 Å². The molecule has 0 bridgehead atoms. The largest absolute Gasteiger partial charge is 0.481 e. The van der Waals surface area contributed by atoms with E-state index in [1.807, 2.05) is 12.1 Å². The van der Waals surface area contributed by atoms with Gasteiger partial charge in [0.1, 0.15) is 5.75 Å². The Bertz CT molecular complexity index is 734. The number of anilines is 1. The van der Waals surface area contributed by atoms with Crippen molar-refractivity contribution in [3.63, 3.8) is 0 Å². The topological polar surface area (TPSA) is 38.3 Å². The zero-order chi connectivity index (χ0) is 20.1. The normalized spacial score (nSPS) is 12.5. The van der Waals surface area contributed by atoms with Crippen molar-refractivity contribution in [3.8, 4) is 5.75 Å². The van der Waals surface area contributed by atoms with Crippen molar-refractivity contribution in [1.29, 1.82) is 0 Å². The fraction of sp³-hybridized carbons (Fsp3) is 0.458. The second-order valence-corrected chi connectivity index (χ2v) is 8.09. The van der Waals surface area contributed by atoms with Gasteiger partial charge in [0.15, 0.2) is 6.10 Å². The monoisotopic (exact) mass is 367 g/mol. The van der Waals surface area contributed by atoms with Crippen LogP contribution in [0, 0.1) is 0 Å². The molecule has 0 spiro atoms. The van der Waals surface area contributed by atoms with Gasteiger partial charge in [0.25, 0.3) is 5.91 Å². The van der Waals surface area contributed by atoms with Crippen LogP contribution in [0.4, 0.5) is 5.69 Å². The fourth-order valence-corrected chi connectivity index (χ4v) is 3.11. The summed E-state index contributed by atoms with van der Waals surface area (Å²) in [4.78, 5) is 12.8. The maximum absolute atomic E-state index is 12.8. The minimum atomic E-state index is -0.574. The average Bonchev–Trinajstić information content (AvgIpc) is 2.61. The van der Waals surface area contributed by atoms with E-state index in [1.54, 1.807) is 6.92 Å². The minimum Gasteiger partial charge on any atom is -0.481 e. The highest BCUT2D eigenvalue weighted by atomic mass is 16.5. The highest BCUT2D eigenvalue weighted by Gasteiger charge is 2.20. The number of benzene rings is 2. The molecule has 0 aromatic heterocycles. The summed E-state index contributed by atoms with van der Waals surface area (Å²) >= 11 is 0. The molecule has 1 atom stereocenters. The Kier molecular flexibility index (Phi) is 7.06. The maximum Gasteiger partial charge on any atom is 0.265 e. The second kappa shape index (κ2) is 9.07. The third-order valence-electron chi connectivity index (χ3n) is 4.85. The number of rotatable bonds is 7. The first-order valence-corrected chi connectivity index (χ1v) is 9.91. The predicted octanol–water partition coefficient (Wildman–Crippen LogP) is 6.46. The second-order valence-electron chi connectivity index (χ2n) is 8.09. The smallest absolute Gasteiger partial charge is 0.265 e. The van der Waals surface area contributed by atoms with Crippen LogP contribution in [0.25, 0.3) is 0 Å². The summed E-state index contributed by atoms with van der Waals surface area (Å²) in [5, 5.41) is 3.13. The molecular weight excluding hydrogens is 334 g/mol. The van der Waals surface area contributed by atoms with E-state index in [-0.39, 0.29) is 5.91 Å². The zero-order valence-electron chi connectivity index (χ0n) is 17.7. The summed E-state index contributed by atoms with van der Waals surface area (Å²) in [6.45, 7) is 14.7. The summed E-state index contributed by atoms with van der Waals surface area (Å²) in [7, 11) is 0. The van der Waals surface area contributed by atoms with Gasteiger partial charge in [0.05, 0.1) is 0 Å². The van der Waals surface area contributed by atoms with E-state index < -0.39 is 6.10 Å². The molecule has 0 aliphatic heterocycles. The van der Waals surface area contributed by atoms with Crippen LogP contribution >= 0.6 is 0 Å². The number of amides is 1. The van der Waals surface area contributed by atoms with Gasteiger partial charge in [-0.25, -0.2) is 0 Å². The molecule has 0 saturated heterocycles. The van der Waals surface area contributed by atoms with Gasteiger partial charge in [-0.05, 0) is 53.5 Å². The Labute approximate surface area is 164 Å². The Balaban J connectivity index is 2.16. The summed E-state index contributed by atoms with van der Waals surface area (Å²) in [5.41, 5.74) is 4.50. The third-order valence-corrected chi connectivity index (χ3v) is 4.85. The summed E-state index contributed by atoms with van der Waals surface area (Å²) in [6.07, 6.45) is -0.574. The lowest BCUT2D eigenvalue weighted by Gasteiger charge is -2.22. The number of carbonyl (C=O) groups is 1. The molecule has 0 fully saturated rings. The zero-order valence-corrected chi connectivity index (χ0v) is 17.7. The average molecular weight is 368 g/mol. The van der Waals surface area contributed by atoms with E-state index >= 15 is 0 Å². The Morgan fingerprint density at radius 2 is 1.30 bits per heavy atom. The lowest BCUT2D eigenvalue weighted by atomic mass is 9.92. The van der Waals surface area contributed by atoms with Gasteiger partial charge < -0.3 is 10.1 Å². The van der Waals surface area contributed by atoms with Crippen molar-refractivity contribution in [2.24, 2.45) is 0 Å². The maximum atomic E-state index is 12.8. The van der Waals surface area contributed by atoms with Crippen LogP contribution in [0.1, 0.15) is 82.9 Å². The van der Waals surface area contributed by atoms with E-state index in [0.29, 0.717) is 23.5 Å². The van der Waals surface area contributed by atoms with Crippen LogP contribution in [0.3, 0.4) is 0 Å². The molecule has 146 valence electrons. The summed E-state index contributed by atoms with van der Waals surface area (Å²) in [6, 6.07) is 14.2. The van der Waals surface area contributed by atoms with Crippen LogP contribution in [-0.2, 0) is 4.79 Å². The first-order chi connectivity index (χ1) is 12.7.